The molecule has 2 fully saturated rings. The highest BCUT2D eigenvalue weighted by Gasteiger charge is 2.24. The molecule has 0 unspecified atom stereocenters. The zero-order chi connectivity index (χ0) is 18.9. The molecule has 0 atom stereocenters. The molecule has 1 aliphatic heterocycles. The molecular formula is C19H27ClN2O4. The number of carboxylic acids is 2. The van der Waals surface area contributed by atoms with E-state index in [1.807, 2.05) is 12.1 Å². The van der Waals surface area contributed by atoms with Crippen molar-refractivity contribution < 1.29 is 19.8 Å². The normalized spacial score (nSPS) is 19.4. The molecule has 1 saturated carbocycles. The van der Waals surface area contributed by atoms with E-state index < -0.39 is 11.9 Å². The van der Waals surface area contributed by atoms with Crippen molar-refractivity contribution in [3.8, 4) is 0 Å². The molecule has 3 rings (SSSR count). The van der Waals surface area contributed by atoms with E-state index >= 15 is 0 Å². The second-order valence-electron chi connectivity index (χ2n) is 6.84. The zero-order valence-corrected chi connectivity index (χ0v) is 15.7. The van der Waals surface area contributed by atoms with Gasteiger partial charge in [0.25, 0.3) is 0 Å². The van der Waals surface area contributed by atoms with Crippen LogP contribution in [0.5, 0.6) is 0 Å². The lowest BCUT2D eigenvalue weighted by molar-refractivity contribution is -0.159. The molecule has 26 heavy (non-hydrogen) atoms. The van der Waals surface area contributed by atoms with Gasteiger partial charge in [-0.25, -0.2) is 9.59 Å². The third kappa shape index (κ3) is 6.94. The highest BCUT2D eigenvalue weighted by molar-refractivity contribution is 6.30. The lowest BCUT2D eigenvalue weighted by atomic mass is 9.94. The lowest BCUT2D eigenvalue weighted by Gasteiger charge is -2.40. The molecule has 0 aromatic heterocycles. The topological polar surface area (TPSA) is 81.1 Å². The third-order valence-corrected chi connectivity index (χ3v) is 5.25. The monoisotopic (exact) mass is 382 g/mol. The van der Waals surface area contributed by atoms with Gasteiger partial charge >= 0.3 is 11.9 Å². The molecule has 0 amide bonds. The van der Waals surface area contributed by atoms with E-state index in [2.05, 4.69) is 21.9 Å². The van der Waals surface area contributed by atoms with Crippen LogP contribution in [0.2, 0.25) is 5.02 Å². The van der Waals surface area contributed by atoms with Crippen LogP contribution in [0.3, 0.4) is 0 Å². The fourth-order valence-electron chi connectivity index (χ4n) is 3.58. The van der Waals surface area contributed by atoms with Gasteiger partial charge in [-0.15, -0.1) is 0 Å². The molecule has 7 heteroatoms. The largest absolute Gasteiger partial charge is 0.473 e. The molecule has 1 aromatic rings. The van der Waals surface area contributed by atoms with E-state index in [0.717, 1.165) is 17.6 Å². The van der Waals surface area contributed by atoms with Crippen molar-refractivity contribution in [3.63, 3.8) is 0 Å². The van der Waals surface area contributed by atoms with Crippen LogP contribution in [0.4, 0.5) is 0 Å². The summed E-state index contributed by atoms with van der Waals surface area (Å²) in [4.78, 5) is 23.5. The maximum absolute atomic E-state index is 9.10. The van der Waals surface area contributed by atoms with Crippen LogP contribution >= 0.6 is 11.6 Å². The Kier molecular flexibility index (Phi) is 8.35. The van der Waals surface area contributed by atoms with Gasteiger partial charge in [0, 0.05) is 43.8 Å². The number of piperazine rings is 1. The number of hydrogen-bond donors (Lipinski definition) is 2. The summed E-state index contributed by atoms with van der Waals surface area (Å²) in [6.07, 6.45) is 7.19. The predicted molar refractivity (Wildman–Crippen MR) is 100 cm³/mol. The Morgan fingerprint density at radius 1 is 0.923 bits per heavy atom. The van der Waals surface area contributed by atoms with Crippen molar-refractivity contribution >= 4 is 23.5 Å². The second kappa shape index (κ2) is 10.5. The van der Waals surface area contributed by atoms with Crippen LogP contribution in [0.25, 0.3) is 0 Å². The minimum atomic E-state index is -1.82. The maximum Gasteiger partial charge on any atom is 0.414 e. The Bertz CT molecular complexity index is 568. The van der Waals surface area contributed by atoms with E-state index in [4.69, 9.17) is 31.4 Å². The number of aliphatic carboxylic acids is 2. The Balaban J connectivity index is 0.000000352. The van der Waals surface area contributed by atoms with Crippen LogP contribution in [0, 0.1) is 0 Å². The summed E-state index contributed by atoms with van der Waals surface area (Å²) in [5, 5.41) is 15.6. The summed E-state index contributed by atoms with van der Waals surface area (Å²) in [6.45, 7) is 5.98. The summed E-state index contributed by atoms with van der Waals surface area (Å²) in [5.74, 6) is -3.65. The molecule has 6 nitrogen and oxygen atoms in total. The highest BCUT2D eigenvalue weighted by Crippen LogP contribution is 2.23. The number of carbonyl (C=O) groups is 2. The molecule has 1 heterocycles. The number of nitrogens with zero attached hydrogens (tertiary/aromatic N) is 2. The van der Waals surface area contributed by atoms with Gasteiger partial charge in [-0.1, -0.05) is 43.0 Å². The quantitative estimate of drug-likeness (QED) is 0.782. The van der Waals surface area contributed by atoms with E-state index in [9.17, 15) is 0 Å². The number of halogens is 1. The number of hydrogen-bond acceptors (Lipinski definition) is 4. The fraction of sp³-hybridized carbons (Fsp3) is 0.579. The fourth-order valence-corrected chi connectivity index (χ4v) is 3.71. The zero-order valence-electron chi connectivity index (χ0n) is 14.9. The molecular weight excluding hydrogens is 356 g/mol. The van der Waals surface area contributed by atoms with Crippen molar-refractivity contribution in [2.75, 3.05) is 26.2 Å². The number of carboxylic acid groups (broad SMARTS) is 2. The van der Waals surface area contributed by atoms with Gasteiger partial charge in [-0.3, -0.25) is 9.80 Å². The molecule has 0 bridgehead atoms. The first kappa shape index (κ1) is 20.7. The molecule has 1 saturated heterocycles. The van der Waals surface area contributed by atoms with Gasteiger partial charge < -0.3 is 10.2 Å². The van der Waals surface area contributed by atoms with Gasteiger partial charge in [0.15, 0.2) is 0 Å². The van der Waals surface area contributed by atoms with Crippen LogP contribution in [0.15, 0.2) is 24.3 Å². The van der Waals surface area contributed by atoms with Gasteiger partial charge in [-0.2, -0.15) is 0 Å². The maximum atomic E-state index is 9.10. The van der Waals surface area contributed by atoms with Gasteiger partial charge in [-0.05, 0) is 30.5 Å². The van der Waals surface area contributed by atoms with E-state index in [1.54, 1.807) is 0 Å². The number of benzene rings is 1. The summed E-state index contributed by atoms with van der Waals surface area (Å²) < 4.78 is 0. The molecule has 2 N–H and O–H groups in total. The molecule has 0 radical (unpaired) electrons. The van der Waals surface area contributed by atoms with Crippen LogP contribution < -0.4 is 0 Å². The van der Waals surface area contributed by atoms with E-state index in [-0.39, 0.29) is 0 Å². The molecule has 0 spiro atoms. The second-order valence-corrected chi connectivity index (χ2v) is 7.28. The molecule has 144 valence electrons. The molecule has 1 aromatic carbocycles. The molecule has 1 aliphatic carbocycles. The van der Waals surface area contributed by atoms with Crippen molar-refractivity contribution in [1.82, 2.24) is 9.80 Å². The van der Waals surface area contributed by atoms with Gasteiger partial charge in [0.1, 0.15) is 0 Å². The average Bonchev–Trinajstić information content (AvgIpc) is 2.65. The minimum absolute atomic E-state index is 0.830. The minimum Gasteiger partial charge on any atom is -0.473 e. The summed E-state index contributed by atoms with van der Waals surface area (Å²) >= 11 is 5.94. The van der Waals surface area contributed by atoms with Gasteiger partial charge in [0.2, 0.25) is 0 Å². The summed E-state index contributed by atoms with van der Waals surface area (Å²) in [5.41, 5.74) is 1.38. The smallest absolute Gasteiger partial charge is 0.414 e. The Morgan fingerprint density at radius 2 is 1.46 bits per heavy atom. The Labute approximate surface area is 159 Å². The summed E-state index contributed by atoms with van der Waals surface area (Å²) in [6, 6.07) is 9.16. The molecule has 2 aliphatic rings. The Hall–Kier alpha value is -1.63. The van der Waals surface area contributed by atoms with Crippen molar-refractivity contribution in [2.45, 2.75) is 44.7 Å². The SMILES string of the molecule is Clc1ccc(CN2CCN(C3CCCCC3)CC2)cc1.O=C(O)C(=O)O. The first-order valence-corrected chi connectivity index (χ1v) is 9.50. The van der Waals surface area contributed by atoms with E-state index in [1.165, 1.54) is 63.8 Å². The standard InChI is InChI=1S/C17H25ClN2.C2H2O4/c18-16-8-6-15(7-9-16)14-19-10-12-20(13-11-19)17-4-2-1-3-5-17;3-1(4)2(5)6/h6-9,17H,1-5,10-14H2;(H,3,4)(H,5,6). The van der Waals surface area contributed by atoms with Crippen LogP contribution in [-0.4, -0.2) is 64.2 Å². The lowest BCUT2D eigenvalue weighted by Crippen LogP contribution is -2.50. The predicted octanol–water partition coefficient (Wildman–Crippen LogP) is 2.95. The van der Waals surface area contributed by atoms with E-state index in [0.29, 0.717) is 0 Å². The third-order valence-electron chi connectivity index (χ3n) is 5.00. The van der Waals surface area contributed by atoms with Gasteiger partial charge in [0.05, 0.1) is 0 Å². The summed E-state index contributed by atoms with van der Waals surface area (Å²) in [7, 11) is 0. The van der Waals surface area contributed by atoms with Crippen molar-refractivity contribution in [2.24, 2.45) is 0 Å². The first-order valence-electron chi connectivity index (χ1n) is 9.13. The van der Waals surface area contributed by atoms with Crippen molar-refractivity contribution in [3.05, 3.63) is 34.9 Å². The van der Waals surface area contributed by atoms with Crippen LogP contribution in [-0.2, 0) is 16.1 Å². The van der Waals surface area contributed by atoms with Crippen LogP contribution in [0.1, 0.15) is 37.7 Å². The number of rotatable bonds is 3. The first-order chi connectivity index (χ1) is 12.5. The van der Waals surface area contributed by atoms with Crippen molar-refractivity contribution in [1.29, 1.82) is 0 Å². The Morgan fingerprint density at radius 3 is 1.96 bits per heavy atom. The average molecular weight is 383 g/mol. The highest BCUT2D eigenvalue weighted by atomic mass is 35.5.